The molecular weight excluding hydrogens is 374 g/mol. The lowest BCUT2D eigenvalue weighted by molar-refractivity contribution is -0.127. The number of anilines is 1. The summed E-state index contributed by atoms with van der Waals surface area (Å²) in [6.45, 7) is 2.59. The minimum absolute atomic E-state index is 0.0910. The first-order valence-corrected chi connectivity index (χ1v) is 9.43. The first kappa shape index (κ1) is 18.8. The van der Waals surface area contributed by atoms with Crippen LogP contribution in [-0.4, -0.2) is 42.1 Å². The second kappa shape index (κ2) is 7.83. The number of ether oxygens (including phenoxy) is 2. The van der Waals surface area contributed by atoms with E-state index in [1.54, 1.807) is 43.3 Å². The minimum Gasteiger partial charge on any atom is -0.454 e. The Balaban J connectivity index is 1.63. The summed E-state index contributed by atoms with van der Waals surface area (Å²) in [6.07, 6.45) is -0.0910. The third kappa shape index (κ3) is 3.61. The SMILES string of the molecule is CCNC(=O)C[C@H]1C(=O)N(c2ccccc2)C(=O)N1Cc1ccc2c(c1)OCO2. The van der Waals surface area contributed by atoms with Gasteiger partial charge in [0.05, 0.1) is 12.1 Å². The van der Waals surface area contributed by atoms with Crippen molar-refractivity contribution in [3.8, 4) is 11.5 Å². The van der Waals surface area contributed by atoms with E-state index in [1.807, 2.05) is 12.1 Å². The van der Waals surface area contributed by atoms with Crippen molar-refractivity contribution < 1.29 is 23.9 Å². The normalized spacial score (nSPS) is 17.8. The maximum Gasteiger partial charge on any atom is 0.332 e. The van der Waals surface area contributed by atoms with E-state index in [0.717, 1.165) is 10.5 Å². The lowest BCUT2D eigenvalue weighted by Crippen LogP contribution is -2.39. The zero-order valence-electron chi connectivity index (χ0n) is 16.0. The van der Waals surface area contributed by atoms with Crippen molar-refractivity contribution in [2.75, 3.05) is 18.2 Å². The van der Waals surface area contributed by atoms with Crippen LogP contribution in [0.15, 0.2) is 48.5 Å². The van der Waals surface area contributed by atoms with E-state index >= 15 is 0 Å². The Morgan fingerprint density at radius 1 is 1.10 bits per heavy atom. The molecule has 29 heavy (non-hydrogen) atoms. The first-order valence-electron chi connectivity index (χ1n) is 9.43. The highest BCUT2D eigenvalue weighted by Gasteiger charge is 2.46. The van der Waals surface area contributed by atoms with E-state index in [4.69, 9.17) is 9.47 Å². The van der Waals surface area contributed by atoms with Crippen LogP contribution in [0.3, 0.4) is 0 Å². The van der Waals surface area contributed by atoms with Gasteiger partial charge in [-0.05, 0) is 36.8 Å². The molecule has 0 bridgehead atoms. The number of nitrogens with one attached hydrogen (secondary N) is 1. The molecule has 2 aliphatic rings. The van der Waals surface area contributed by atoms with Crippen LogP contribution in [0, 0.1) is 0 Å². The Labute approximate surface area is 168 Å². The van der Waals surface area contributed by atoms with Gasteiger partial charge in [0, 0.05) is 13.1 Å². The average molecular weight is 395 g/mol. The lowest BCUT2D eigenvalue weighted by Gasteiger charge is -2.21. The number of urea groups is 1. The molecule has 0 saturated carbocycles. The van der Waals surface area contributed by atoms with Crippen molar-refractivity contribution in [2.45, 2.75) is 25.9 Å². The summed E-state index contributed by atoms with van der Waals surface area (Å²) in [4.78, 5) is 41.0. The Morgan fingerprint density at radius 2 is 1.86 bits per heavy atom. The molecule has 2 aliphatic heterocycles. The molecule has 2 aromatic carbocycles. The molecule has 2 heterocycles. The average Bonchev–Trinajstić information content (AvgIpc) is 3.27. The summed E-state index contributed by atoms with van der Waals surface area (Å²) in [5.41, 5.74) is 1.27. The molecule has 0 radical (unpaired) electrons. The first-order chi connectivity index (χ1) is 14.1. The summed E-state index contributed by atoms with van der Waals surface area (Å²) in [5.74, 6) is 0.556. The van der Waals surface area contributed by atoms with Crippen LogP contribution in [0.4, 0.5) is 10.5 Å². The second-order valence-corrected chi connectivity index (χ2v) is 6.78. The maximum absolute atomic E-state index is 13.1. The van der Waals surface area contributed by atoms with E-state index in [-0.39, 0.29) is 25.7 Å². The third-order valence-corrected chi connectivity index (χ3v) is 4.88. The Bertz CT molecular complexity index is 947. The van der Waals surface area contributed by atoms with Crippen LogP contribution in [0.25, 0.3) is 0 Å². The van der Waals surface area contributed by atoms with Gasteiger partial charge in [-0.15, -0.1) is 0 Å². The molecule has 0 aromatic heterocycles. The molecule has 8 heteroatoms. The summed E-state index contributed by atoms with van der Waals surface area (Å²) in [6, 6.07) is 12.8. The number of hydrogen-bond donors (Lipinski definition) is 1. The van der Waals surface area contributed by atoms with Gasteiger partial charge in [0.15, 0.2) is 11.5 Å². The van der Waals surface area contributed by atoms with Crippen LogP contribution >= 0.6 is 0 Å². The number of carbonyl (C=O) groups is 3. The molecule has 0 aliphatic carbocycles. The number of fused-ring (bicyclic) bond motifs is 1. The summed E-state index contributed by atoms with van der Waals surface area (Å²) >= 11 is 0. The van der Waals surface area contributed by atoms with E-state index < -0.39 is 18.0 Å². The van der Waals surface area contributed by atoms with Crippen molar-refractivity contribution in [3.05, 3.63) is 54.1 Å². The molecule has 1 atom stereocenters. The monoisotopic (exact) mass is 395 g/mol. The van der Waals surface area contributed by atoms with Gasteiger partial charge in [-0.2, -0.15) is 0 Å². The second-order valence-electron chi connectivity index (χ2n) is 6.78. The van der Waals surface area contributed by atoms with Crippen LogP contribution in [-0.2, 0) is 16.1 Å². The van der Waals surface area contributed by atoms with Gasteiger partial charge >= 0.3 is 6.03 Å². The predicted octanol–water partition coefficient (Wildman–Crippen LogP) is 2.28. The Morgan fingerprint density at radius 3 is 2.62 bits per heavy atom. The molecule has 150 valence electrons. The Hall–Kier alpha value is -3.55. The number of carbonyl (C=O) groups excluding carboxylic acids is 3. The Kier molecular flexibility index (Phi) is 5.07. The van der Waals surface area contributed by atoms with Gasteiger partial charge in [0.1, 0.15) is 6.04 Å². The smallest absolute Gasteiger partial charge is 0.332 e. The number of imide groups is 1. The van der Waals surface area contributed by atoms with Crippen LogP contribution in [0.5, 0.6) is 11.5 Å². The fourth-order valence-electron chi connectivity index (χ4n) is 3.51. The van der Waals surface area contributed by atoms with E-state index in [2.05, 4.69) is 5.32 Å². The number of rotatable bonds is 6. The predicted molar refractivity (Wildman–Crippen MR) is 105 cm³/mol. The molecule has 1 fully saturated rings. The minimum atomic E-state index is -0.875. The fraction of sp³-hybridized carbons (Fsp3) is 0.286. The van der Waals surface area contributed by atoms with Gasteiger partial charge in [-0.1, -0.05) is 24.3 Å². The van der Waals surface area contributed by atoms with Crippen LogP contribution in [0.1, 0.15) is 18.9 Å². The maximum atomic E-state index is 13.1. The van der Waals surface area contributed by atoms with Gasteiger partial charge in [-0.3, -0.25) is 9.59 Å². The van der Waals surface area contributed by atoms with Crippen LogP contribution < -0.4 is 19.7 Å². The fourth-order valence-corrected chi connectivity index (χ4v) is 3.51. The molecule has 8 nitrogen and oxygen atoms in total. The quantitative estimate of drug-likeness (QED) is 0.758. The van der Waals surface area contributed by atoms with Crippen molar-refractivity contribution in [1.82, 2.24) is 10.2 Å². The number of benzene rings is 2. The summed E-state index contributed by atoms with van der Waals surface area (Å²) in [7, 11) is 0. The summed E-state index contributed by atoms with van der Waals surface area (Å²) in [5, 5.41) is 2.70. The van der Waals surface area contributed by atoms with Crippen molar-refractivity contribution >= 4 is 23.5 Å². The third-order valence-electron chi connectivity index (χ3n) is 4.88. The van der Waals surface area contributed by atoms with Crippen LogP contribution in [0.2, 0.25) is 0 Å². The molecule has 0 spiro atoms. The van der Waals surface area contributed by atoms with E-state index in [9.17, 15) is 14.4 Å². The molecule has 2 aromatic rings. The molecule has 0 unspecified atom stereocenters. The molecule has 1 N–H and O–H groups in total. The molecule has 4 rings (SSSR count). The largest absolute Gasteiger partial charge is 0.454 e. The van der Waals surface area contributed by atoms with E-state index in [1.165, 1.54) is 4.90 Å². The zero-order chi connectivity index (χ0) is 20.4. The molecular formula is C21H21N3O5. The van der Waals surface area contributed by atoms with Crippen molar-refractivity contribution in [3.63, 3.8) is 0 Å². The van der Waals surface area contributed by atoms with Gasteiger partial charge < -0.3 is 19.7 Å². The number of nitrogens with zero attached hydrogens (tertiary/aromatic N) is 2. The topological polar surface area (TPSA) is 88.2 Å². The standard InChI is InChI=1S/C21H21N3O5/c1-2-22-19(25)11-16-20(26)24(15-6-4-3-5-7-15)21(27)23(16)12-14-8-9-17-18(10-14)29-13-28-17/h3-10,16H,2,11-13H2,1H3,(H,22,25)/t16-/m0/s1. The number of para-hydroxylation sites is 1. The van der Waals surface area contributed by atoms with Gasteiger partial charge in [-0.25, -0.2) is 9.69 Å². The summed E-state index contributed by atoms with van der Waals surface area (Å²) < 4.78 is 10.7. The highest BCUT2D eigenvalue weighted by atomic mass is 16.7. The highest BCUT2D eigenvalue weighted by molar-refractivity contribution is 6.22. The molecule has 1 saturated heterocycles. The van der Waals surface area contributed by atoms with Gasteiger partial charge in [0.25, 0.3) is 5.91 Å². The lowest BCUT2D eigenvalue weighted by atomic mass is 10.1. The highest BCUT2D eigenvalue weighted by Crippen LogP contribution is 2.34. The van der Waals surface area contributed by atoms with Gasteiger partial charge in [0.2, 0.25) is 12.7 Å². The molecule has 4 amide bonds. The number of hydrogen-bond acceptors (Lipinski definition) is 5. The zero-order valence-corrected chi connectivity index (χ0v) is 16.0. The number of amides is 4. The van der Waals surface area contributed by atoms with E-state index in [0.29, 0.717) is 23.7 Å². The van der Waals surface area contributed by atoms with Crippen molar-refractivity contribution in [1.29, 1.82) is 0 Å². The van der Waals surface area contributed by atoms with Crippen molar-refractivity contribution in [2.24, 2.45) is 0 Å².